The molecule has 0 fully saturated rings. The normalized spacial score (nSPS) is 11.9. The topological polar surface area (TPSA) is 99.9 Å². The second kappa shape index (κ2) is 7.08. The minimum absolute atomic E-state index is 0.127. The fourth-order valence-corrected chi connectivity index (χ4v) is 2.50. The molecule has 2 aromatic rings. The van der Waals surface area contributed by atoms with Crippen molar-refractivity contribution in [2.24, 2.45) is 0 Å². The molecule has 0 radical (unpaired) electrons. The van der Waals surface area contributed by atoms with E-state index in [0.717, 1.165) is 5.56 Å². The second-order valence-electron chi connectivity index (χ2n) is 5.34. The molecule has 0 bridgehead atoms. The molecular formula is C17H16N2O6. The third-order valence-electron chi connectivity index (χ3n) is 3.77. The molecule has 25 heavy (non-hydrogen) atoms. The van der Waals surface area contributed by atoms with Crippen LogP contribution in [0.3, 0.4) is 0 Å². The van der Waals surface area contributed by atoms with E-state index in [9.17, 15) is 14.9 Å². The van der Waals surface area contributed by atoms with E-state index in [1.165, 1.54) is 25.3 Å². The fraction of sp³-hybridized carbons (Fsp3) is 0.235. The number of ether oxygens (including phenoxy) is 3. The maximum absolute atomic E-state index is 12.3. The van der Waals surface area contributed by atoms with Crippen LogP contribution in [0.25, 0.3) is 0 Å². The summed E-state index contributed by atoms with van der Waals surface area (Å²) in [5, 5.41) is 13.6. The Morgan fingerprint density at radius 2 is 2.04 bits per heavy atom. The summed E-state index contributed by atoms with van der Waals surface area (Å²) in [4.78, 5) is 22.6. The summed E-state index contributed by atoms with van der Waals surface area (Å²) in [6.07, 6.45) is 0.583. The van der Waals surface area contributed by atoms with Gasteiger partial charge in [-0.1, -0.05) is 6.07 Å². The zero-order valence-corrected chi connectivity index (χ0v) is 13.5. The molecule has 2 aromatic carbocycles. The van der Waals surface area contributed by atoms with Crippen LogP contribution in [0, 0.1) is 10.1 Å². The van der Waals surface area contributed by atoms with Crippen molar-refractivity contribution in [2.75, 3.05) is 20.4 Å². The van der Waals surface area contributed by atoms with Gasteiger partial charge in [-0.2, -0.15) is 0 Å². The zero-order chi connectivity index (χ0) is 17.8. The number of rotatable bonds is 6. The summed E-state index contributed by atoms with van der Waals surface area (Å²) in [7, 11) is 1.41. The van der Waals surface area contributed by atoms with Crippen molar-refractivity contribution >= 4 is 11.6 Å². The zero-order valence-electron chi connectivity index (χ0n) is 13.5. The van der Waals surface area contributed by atoms with Crippen LogP contribution in [0.15, 0.2) is 36.4 Å². The van der Waals surface area contributed by atoms with E-state index < -0.39 is 10.8 Å². The van der Waals surface area contributed by atoms with E-state index in [-0.39, 0.29) is 23.8 Å². The second-order valence-corrected chi connectivity index (χ2v) is 5.34. The molecule has 0 atom stereocenters. The van der Waals surface area contributed by atoms with Crippen LogP contribution in [0.4, 0.5) is 5.69 Å². The Labute approximate surface area is 143 Å². The lowest BCUT2D eigenvalue weighted by molar-refractivity contribution is -0.384. The summed E-state index contributed by atoms with van der Waals surface area (Å²) in [6.45, 7) is 0.576. The van der Waals surface area contributed by atoms with Crippen molar-refractivity contribution in [2.45, 2.75) is 6.42 Å². The highest BCUT2D eigenvalue weighted by atomic mass is 16.7. The maximum atomic E-state index is 12.3. The summed E-state index contributed by atoms with van der Waals surface area (Å²) >= 11 is 0. The van der Waals surface area contributed by atoms with E-state index in [1.807, 2.05) is 18.2 Å². The van der Waals surface area contributed by atoms with Gasteiger partial charge >= 0.3 is 0 Å². The molecule has 1 aliphatic rings. The first kappa shape index (κ1) is 16.6. The molecule has 8 nitrogen and oxygen atoms in total. The van der Waals surface area contributed by atoms with Gasteiger partial charge in [-0.05, 0) is 30.2 Å². The monoisotopic (exact) mass is 344 g/mol. The molecule has 8 heteroatoms. The number of non-ortho nitro benzene ring substituents is 1. The number of hydrogen-bond acceptors (Lipinski definition) is 6. The largest absolute Gasteiger partial charge is 0.496 e. The number of nitro benzene ring substituents is 1. The van der Waals surface area contributed by atoms with Gasteiger partial charge in [0.05, 0.1) is 17.6 Å². The highest BCUT2D eigenvalue weighted by Crippen LogP contribution is 2.32. The minimum atomic E-state index is -0.553. The number of hydrogen-bond donors (Lipinski definition) is 1. The number of nitrogens with zero attached hydrogens (tertiary/aromatic N) is 1. The van der Waals surface area contributed by atoms with Crippen molar-refractivity contribution in [3.05, 3.63) is 57.6 Å². The first-order valence-corrected chi connectivity index (χ1v) is 7.57. The number of carbonyl (C=O) groups is 1. The van der Waals surface area contributed by atoms with E-state index in [1.54, 1.807) is 0 Å². The van der Waals surface area contributed by atoms with Crippen LogP contribution in [-0.4, -0.2) is 31.3 Å². The lowest BCUT2D eigenvalue weighted by Crippen LogP contribution is -2.26. The quantitative estimate of drug-likeness (QED) is 0.637. The standard InChI is InChI=1S/C17H16N2O6/c1-23-14-5-3-12(19(21)22)9-13(14)17(20)18-7-6-11-2-4-15-16(8-11)25-10-24-15/h2-5,8-9H,6-7,10H2,1H3,(H,18,20). The van der Waals surface area contributed by atoms with Gasteiger partial charge in [-0.25, -0.2) is 0 Å². The smallest absolute Gasteiger partial charge is 0.270 e. The van der Waals surface area contributed by atoms with Gasteiger partial charge in [0, 0.05) is 18.7 Å². The van der Waals surface area contributed by atoms with Crippen molar-refractivity contribution in [3.8, 4) is 17.2 Å². The molecule has 0 saturated heterocycles. The van der Waals surface area contributed by atoms with Crippen molar-refractivity contribution in [3.63, 3.8) is 0 Å². The first-order chi connectivity index (χ1) is 12.1. The Balaban J connectivity index is 1.64. The number of amides is 1. The summed E-state index contributed by atoms with van der Waals surface area (Å²) in [6, 6.07) is 9.49. The van der Waals surface area contributed by atoms with Gasteiger partial charge in [0.25, 0.3) is 11.6 Å². The maximum Gasteiger partial charge on any atom is 0.270 e. The van der Waals surface area contributed by atoms with Gasteiger partial charge in [-0.3, -0.25) is 14.9 Å². The van der Waals surface area contributed by atoms with Crippen molar-refractivity contribution in [1.82, 2.24) is 5.32 Å². The van der Waals surface area contributed by atoms with Crippen LogP contribution >= 0.6 is 0 Å². The molecule has 0 aliphatic carbocycles. The van der Waals surface area contributed by atoms with Gasteiger partial charge in [0.15, 0.2) is 11.5 Å². The predicted molar refractivity (Wildman–Crippen MR) is 88.3 cm³/mol. The highest BCUT2D eigenvalue weighted by molar-refractivity contribution is 5.97. The Morgan fingerprint density at radius 1 is 1.24 bits per heavy atom. The average Bonchev–Trinajstić information content (AvgIpc) is 3.08. The van der Waals surface area contributed by atoms with Gasteiger partial charge in [0.1, 0.15) is 5.75 Å². The molecule has 1 amide bonds. The summed E-state index contributed by atoms with van der Waals surface area (Å²) < 4.78 is 15.7. The molecule has 3 rings (SSSR count). The van der Waals surface area contributed by atoms with Crippen LogP contribution in [-0.2, 0) is 6.42 Å². The van der Waals surface area contributed by atoms with Crippen molar-refractivity contribution in [1.29, 1.82) is 0 Å². The molecule has 0 saturated carbocycles. The van der Waals surface area contributed by atoms with E-state index in [2.05, 4.69) is 5.32 Å². The Kier molecular flexibility index (Phi) is 4.69. The molecule has 1 aliphatic heterocycles. The summed E-state index contributed by atoms with van der Waals surface area (Å²) in [5.74, 6) is 1.24. The molecule has 1 heterocycles. The SMILES string of the molecule is COc1ccc([N+](=O)[O-])cc1C(=O)NCCc1ccc2c(c1)OCO2. The third kappa shape index (κ3) is 3.63. The number of carbonyl (C=O) groups excluding carboxylic acids is 1. The number of methoxy groups -OCH3 is 1. The van der Waals surface area contributed by atoms with Gasteiger partial charge in [0.2, 0.25) is 6.79 Å². The fourth-order valence-electron chi connectivity index (χ4n) is 2.50. The number of nitrogens with one attached hydrogen (secondary N) is 1. The van der Waals surface area contributed by atoms with Crippen LogP contribution in [0.5, 0.6) is 17.2 Å². The Hall–Kier alpha value is -3.29. The third-order valence-corrected chi connectivity index (χ3v) is 3.77. The van der Waals surface area contributed by atoms with Crippen molar-refractivity contribution < 1.29 is 23.9 Å². The van der Waals surface area contributed by atoms with Crippen LogP contribution in [0.1, 0.15) is 15.9 Å². The average molecular weight is 344 g/mol. The summed E-state index contributed by atoms with van der Waals surface area (Å²) in [5.41, 5.74) is 0.944. The Bertz CT molecular complexity index is 821. The van der Waals surface area contributed by atoms with E-state index in [4.69, 9.17) is 14.2 Å². The minimum Gasteiger partial charge on any atom is -0.496 e. The number of fused-ring (bicyclic) bond motifs is 1. The van der Waals surface area contributed by atoms with Crippen LogP contribution < -0.4 is 19.5 Å². The lowest BCUT2D eigenvalue weighted by Gasteiger charge is -2.09. The molecule has 130 valence electrons. The molecule has 0 unspecified atom stereocenters. The van der Waals surface area contributed by atoms with E-state index >= 15 is 0 Å². The highest BCUT2D eigenvalue weighted by Gasteiger charge is 2.17. The number of nitro groups is 1. The van der Waals surface area contributed by atoms with Crippen LogP contribution in [0.2, 0.25) is 0 Å². The first-order valence-electron chi connectivity index (χ1n) is 7.57. The molecular weight excluding hydrogens is 328 g/mol. The molecule has 0 aromatic heterocycles. The molecule has 1 N–H and O–H groups in total. The van der Waals surface area contributed by atoms with E-state index in [0.29, 0.717) is 24.5 Å². The Morgan fingerprint density at radius 3 is 2.80 bits per heavy atom. The predicted octanol–water partition coefficient (Wildman–Crippen LogP) is 2.30. The number of benzene rings is 2. The lowest BCUT2D eigenvalue weighted by atomic mass is 10.1. The molecule has 0 spiro atoms. The van der Waals surface area contributed by atoms with Gasteiger partial charge in [-0.15, -0.1) is 0 Å². The van der Waals surface area contributed by atoms with Gasteiger partial charge < -0.3 is 19.5 Å².